The van der Waals surface area contributed by atoms with E-state index in [2.05, 4.69) is 15.3 Å². The van der Waals surface area contributed by atoms with Crippen LogP contribution < -0.4 is 5.32 Å². The van der Waals surface area contributed by atoms with Crippen molar-refractivity contribution in [3.8, 4) is 0 Å². The molecule has 0 bridgehead atoms. The largest absolute Gasteiger partial charge is 0.316 e. The summed E-state index contributed by atoms with van der Waals surface area (Å²) in [5.41, 5.74) is 0. The molecule has 0 unspecified atom stereocenters. The van der Waals surface area contributed by atoms with Gasteiger partial charge in [0.2, 0.25) is 0 Å². The van der Waals surface area contributed by atoms with Crippen LogP contribution >= 0.6 is 11.6 Å². The average molecular weight is 198 g/mol. The molecule has 2 heterocycles. The van der Waals surface area contributed by atoms with Gasteiger partial charge in [-0.05, 0) is 25.4 Å². The molecule has 2 rings (SSSR count). The van der Waals surface area contributed by atoms with E-state index in [9.17, 15) is 0 Å². The molecule has 13 heavy (non-hydrogen) atoms. The average Bonchev–Trinajstić information content (AvgIpc) is 2.62. The molecule has 0 saturated carbocycles. The summed E-state index contributed by atoms with van der Waals surface area (Å²) in [5.74, 6) is 1.60. The van der Waals surface area contributed by atoms with Crippen molar-refractivity contribution in [2.45, 2.75) is 12.8 Å². The van der Waals surface area contributed by atoms with Gasteiger partial charge >= 0.3 is 0 Å². The molecule has 0 spiro atoms. The molecule has 1 atom stereocenters. The third kappa shape index (κ3) is 2.39. The fourth-order valence-corrected chi connectivity index (χ4v) is 1.69. The Morgan fingerprint density at radius 2 is 2.23 bits per heavy atom. The first-order valence-electron chi connectivity index (χ1n) is 4.52. The minimum absolute atomic E-state index is 0.605. The van der Waals surface area contributed by atoms with Gasteiger partial charge < -0.3 is 5.32 Å². The van der Waals surface area contributed by atoms with Crippen LogP contribution in [0.25, 0.3) is 0 Å². The highest BCUT2D eigenvalue weighted by atomic mass is 35.5. The van der Waals surface area contributed by atoms with Crippen molar-refractivity contribution in [2.75, 3.05) is 13.1 Å². The van der Waals surface area contributed by atoms with E-state index in [1.807, 2.05) is 0 Å². The number of hydrogen-bond acceptors (Lipinski definition) is 3. The van der Waals surface area contributed by atoms with Crippen molar-refractivity contribution in [1.29, 1.82) is 0 Å². The third-order valence-electron chi connectivity index (χ3n) is 2.31. The molecule has 1 aliphatic rings. The minimum Gasteiger partial charge on any atom is -0.316 e. The second-order valence-corrected chi connectivity index (χ2v) is 3.82. The lowest BCUT2D eigenvalue weighted by Gasteiger charge is -2.05. The molecule has 0 aromatic carbocycles. The van der Waals surface area contributed by atoms with Crippen LogP contribution in [-0.4, -0.2) is 23.1 Å². The van der Waals surface area contributed by atoms with Crippen molar-refractivity contribution >= 4 is 11.6 Å². The molecular weight excluding hydrogens is 186 g/mol. The van der Waals surface area contributed by atoms with Crippen LogP contribution in [0.4, 0.5) is 0 Å². The molecule has 1 aromatic rings. The number of halogens is 1. The fourth-order valence-electron chi connectivity index (χ4n) is 1.59. The zero-order valence-electron chi connectivity index (χ0n) is 7.33. The van der Waals surface area contributed by atoms with E-state index in [-0.39, 0.29) is 0 Å². The maximum Gasteiger partial charge on any atom is 0.128 e. The molecule has 1 N–H and O–H groups in total. The maximum absolute atomic E-state index is 5.69. The molecule has 70 valence electrons. The van der Waals surface area contributed by atoms with Gasteiger partial charge in [-0.2, -0.15) is 0 Å². The Balaban J connectivity index is 1.97. The van der Waals surface area contributed by atoms with Gasteiger partial charge in [0.1, 0.15) is 5.82 Å². The maximum atomic E-state index is 5.69. The number of rotatable bonds is 2. The van der Waals surface area contributed by atoms with Gasteiger partial charge in [-0.15, -0.1) is 0 Å². The Morgan fingerprint density at radius 1 is 1.46 bits per heavy atom. The monoisotopic (exact) mass is 197 g/mol. The van der Waals surface area contributed by atoms with Crippen molar-refractivity contribution in [3.63, 3.8) is 0 Å². The first kappa shape index (κ1) is 8.91. The van der Waals surface area contributed by atoms with Gasteiger partial charge in [0.15, 0.2) is 0 Å². The number of nitrogens with one attached hydrogen (secondary N) is 1. The zero-order chi connectivity index (χ0) is 9.10. The highest BCUT2D eigenvalue weighted by molar-refractivity contribution is 6.30. The summed E-state index contributed by atoms with van der Waals surface area (Å²) in [4.78, 5) is 8.34. The molecule has 0 radical (unpaired) electrons. The van der Waals surface area contributed by atoms with Crippen LogP contribution in [0.5, 0.6) is 0 Å². The highest BCUT2D eigenvalue weighted by Gasteiger charge is 2.15. The molecule has 0 amide bonds. The van der Waals surface area contributed by atoms with Gasteiger partial charge in [-0.25, -0.2) is 9.97 Å². The topological polar surface area (TPSA) is 37.8 Å². The molecule has 4 heteroatoms. The van der Waals surface area contributed by atoms with E-state index in [0.29, 0.717) is 10.9 Å². The number of hydrogen-bond donors (Lipinski definition) is 1. The SMILES string of the molecule is Clc1cnc(C[C@@H]2CCNC2)nc1. The van der Waals surface area contributed by atoms with Crippen LogP contribution in [0.15, 0.2) is 12.4 Å². The summed E-state index contributed by atoms with van der Waals surface area (Å²) in [6.45, 7) is 2.21. The molecule has 1 aromatic heterocycles. The van der Waals surface area contributed by atoms with Crippen LogP contribution in [0.2, 0.25) is 5.02 Å². The van der Waals surface area contributed by atoms with Crippen LogP contribution in [0.1, 0.15) is 12.2 Å². The van der Waals surface area contributed by atoms with Crippen molar-refractivity contribution in [2.24, 2.45) is 5.92 Å². The molecular formula is C9H12ClN3. The summed E-state index contributed by atoms with van der Waals surface area (Å²) in [7, 11) is 0. The van der Waals surface area contributed by atoms with Crippen molar-refractivity contribution in [3.05, 3.63) is 23.2 Å². The second kappa shape index (κ2) is 4.03. The van der Waals surface area contributed by atoms with E-state index in [0.717, 1.165) is 25.3 Å². The third-order valence-corrected chi connectivity index (χ3v) is 2.50. The lowest BCUT2D eigenvalue weighted by molar-refractivity contribution is 0.561. The Kier molecular flexibility index (Phi) is 2.76. The summed E-state index contributed by atoms with van der Waals surface area (Å²) in [5, 5.41) is 3.93. The van der Waals surface area contributed by atoms with Gasteiger partial charge in [0.25, 0.3) is 0 Å². The van der Waals surface area contributed by atoms with Crippen LogP contribution in [0.3, 0.4) is 0 Å². The molecule has 3 nitrogen and oxygen atoms in total. The summed E-state index contributed by atoms with van der Waals surface area (Å²) in [6, 6.07) is 0. The Bertz CT molecular complexity index is 267. The highest BCUT2D eigenvalue weighted by Crippen LogP contribution is 2.13. The van der Waals surface area contributed by atoms with E-state index < -0.39 is 0 Å². The molecule has 1 fully saturated rings. The lowest BCUT2D eigenvalue weighted by Crippen LogP contribution is -2.12. The quantitative estimate of drug-likeness (QED) is 0.777. The standard InChI is InChI=1S/C9H12ClN3/c10-8-5-12-9(13-6-8)3-7-1-2-11-4-7/h5-7,11H,1-4H2/t7-/m0/s1. The van der Waals surface area contributed by atoms with E-state index in [4.69, 9.17) is 11.6 Å². The minimum atomic E-state index is 0.605. The van der Waals surface area contributed by atoms with Crippen molar-refractivity contribution < 1.29 is 0 Å². The predicted molar refractivity (Wildman–Crippen MR) is 51.7 cm³/mol. The van der Waals surface area contributed by atoms with Gasteiger partial charge in [0, 0.05) is 18.8 Å². The van der Waals surface area contributed by atoms with Gasteiger partial charge in [-0.3, -0.25) is 0 Å². The first-order valence-corrected chi connectivity index (χ1v) is 4.89. The second-order valence-electron chi connectivity index (χ2n) is 3.38. The van der Waals surface area contributed by atoms with E-state index in [1.54, 1.807) is 12.4 Å². The Labute approximate surface area is 82.5 Å². The smallest absolute Gasteiger partial charge is 0.128 e. The summed E-state index contributed by atoms with van der Waals surface area (Å²) < 4.78 is 0. The van der Waals surface area contributed by atoms with E-state index >= 15 is 0 Å². The summed E-state index contributed by atoms with van der Waals surface area (Å²) in [6.07, 6.45) is 5.51. The Hall–Kier alpha value is -0.670. The summed E-state index contributed by atoms with van der Waals surface area (Å²) >= 11 is 5.69. The van der Waals surface area contributed by atoms with E-state index in [1.165, 1.54) is 6.42 Å². The Morgan fingerprint density at radius 3 is 2.85 bits per heavy atom. The molecule has 1 saturated heterocycles. The predicted octanol–water partition coefficient (Wildman–Crippen LogP) is 1.28. The number of nitrogens with zero attached hydrogens (tertiary/aromatic N) is 2. The van der Waals surface area contributed by atoms with Crippen LogP contribution in [-0.2, 0) is 6.42 Å². The lowest BCUT2D eigenvalue weighted by atomic mass is 10.1. The normalized spacial score (nSPS) is 22.1. The van der Waals surface area contributed by atoms with Crippen molar-refractivity contribution in [1.82, 2.24) is 15.3 Å². The van der Waals surface area contributed by atoms with Crippen LogP contribution in [0, 0.1) is 5.92 Å². The fraction of sp³-hybridized carbons (Fsp3) is 0.556. The first-order chi connectivity index (χ1) is 6.34. The van der Waals surface area contributed by atoms with Gasteiger partial charge in [-0.1, -0.05) is 11.6 Å². The number of aromatic nitrogens is 2. The zero-order valence-corrected chi connectivity index (χ0v) is 8.09. The molecule has 0 aliphatic carbocycles. The molecule has 1 aliphatic heterocycles. The van der Waals surface area contributed by atoms with Gasteiger partial charge in [0.05, 0.1) is 5.02 Å².